The molecule has 1 N–H and O–H groups in total. The highest BCUT2D eigenvalue weighted by Gasteiger charge is 2.28. The first kappa shape index (κ1) is 19.9. The van der Waals surface area contributed by atoms with Crippen molar-refractivity contribution in [3.63, 3.8) is 0 Å². The van der Waals surface area contributed by atoms with E-state index in [-0.39, 0.29) is 21.7 Å². The maximum atomic E-state index is 13.4. The van der Waals surface area contributed by atoms with E-state index in [0.29, 0.717) is 11.3 Å². The molecule has 0 saturated heterocycles. The Labute approximate surface area is 176 Å². The summed E-state index contributed by atoms with van der Waals surface area (Å²) >= 11 is 0. The number of oxazole rings is 1. The molecule has 6 heteroatoms. The lowest BCUT2D eigenvalue weighted by atomic mass is 10.1. The summed E-state index contributed by atoms with van der Waals surface area (Å²) in [6.07, 6.45) is 0. The van der Waals surface area contributed by atoms with Crippen LogP contribution in [0.2, 0.25) is 0 Å². The Kier molecular flexibility index (Phi) is 5.18. The van der Waals surface area contributed by atoms with Crippen molar-refractivity contribution in [1.29, 1.82) is 0 Å². The Hall–Kier alpha value is -3.38. The second-order valence-electron chi connectivity index (χ2n) is 7.33. The summed E-state index contributed by atoms with van der Waals surface area (Å²) in [5, 5.41) is 2.95. The molecule has 0 aliphatic carbocycles. The molecule has 0 atom stereocenters. The predicted molar refractivity (Wildman–Crippen MR) is 118 cm³/mol. The van der Waals surface area contributed by atoms with E-state index in [2.05, 4.69) is 10.3 Å². The lowest BCUT2D eigenvalue weighted by Gasteiger charge is -2.07. The lowest BCUT2D eigenvalue weighted by Crippen LogP contribution is -2.05. The molecular formula is C24H22N2O3S. The number of benzene rings is 3. The van der Waals surface area contributed by atoms with Crippen LogP contribution in [0.25, 0.3) is 11.5 Å². The number of hydrogen-bond donors (Lipinski definition) is 1. The molecule has 30 heavy (non-hydrogen) atoms. The number of aromatic nitrogens is 1. The topological polar surface area (TPSA) is 72.2 Å². The number of nitrogens with one attached hydrogen (secondary N) is 1. The minimum atomic E-state index is -3.88. The van der Waals surface area contributed by atoms with Crippen LogP contribution in [0.4, 0.5) is 11.6 Å². The van der Waals surface area contributed by atoms with Crippen molar-refractivity contribution < 1.29 is 12.8 Å². The summed E-state index contributed by atoms with van der Waals surface area (Å²) in [6.45, 7) is 5.86. The largest absolute Gasteiger partial charge is 0.419 e. The molecule has 0 aliphatic rings. The molecule has 5 nitrogen and oxygen atoms in total. The Morgan fingerprint density at radius 1 is 0.800 bits per heavy atom. The standard InChI is InChI=1S/C24H22N2O3S/c1-16-7-11-20(12-8-16)25-23-24(30(27,28)21-13-9-17(2)10-14-21)26-22(29-23)19-6-4-5-18(3)15-19/h4-15,25H,1-3H3. The van der Waals surface area contributed by atoms with E-state index in [0.717, 1.165) is 16.7 Å². The summed E-state index contributed by atoms with van der Waals surface area (Å²) in [7, 11) is -3.88. The van der Waals surface area contributed by atoms with E-state index in [4.69, 9.17) is 4.42 Å². The van der Waals surface area contributed by atoms with Gasteiger partial charge in [0.2, 0.25) is 26.6 Å². The van der Waals surface area contributed by atoms with Crippen molar-refractivity contribution in [3.8, 4) is 11.5 Å². The van der Waals surface area contributed by atoms with Crippen LogP contribution in [0.5, 0.6) is 0 Å². The molecule has 4 aromatic rings. The Balaban J connectivity index is 1.84. The highest BCUT2D eigenvalue weighted by Crippen LogP contribution is 2.34. The molecule has 4 rings (SSSR count). The first-order valence-corrected chi connectivity index (χ1v) is 11.0. The number of rotatable bonds is 5. The second kappa shape index (κ2) is 7.80. The van der Waals surface area contributed by atoms with Crippen LogP contribution in [0.3, 0.4) is 0 Å². The fourth-order valence-electron chi connectivity index (χ4n) is 3.07. The van der Waals surface area contributed by atoms with Crippen LogP contribution in [-0.4, -0.2) is 13.4 Å². The number of hydrogen-bond acceptors (Lipinski definition) is 5. The highest BCUT2D eigenvalue weighted by molar-refractivity contribution is 7.91. The summed E-state index contributed by atoms with van der Waals surface area (Å²) in [5.41, 5.74) is 4.54. The van der Waals surface area contributed by atoms with E-state index < -0.39 is 9.84 Å². The number of nitrogens with zero attached hydrogens (tertiary/aromatic N) is 1. The SMILES string of the molecule is Cc1ccc(Nc2oc(-c3cccc(C)c3)nc2S(=O)(=O)c2ccc(C)cc2)cc1. The molecule has 0 radical (unpaired) electrons. The van der Waals surface area contributed by atoms with E-state index in [1.54, 1.807) is 24.3 Å². The minimum absolute atomic E-state index is 0.0935. The van der Waals surface area contributed by atoms with Crippen molar-refractivity contribution in [2.24, 2.45) is 0 Å². The van der Waals surface area contributed by atoms with Crippen LogP contribution in [0.15, 0.2) is 87.1 Å². The van der Waals surface area contributed by atoms with Gasteiger partial charge in [-0.15, -0.1) is 0 Å². The average Bonchev–Trinajstić information content (AvgIpc) is 3.15. The van der Waals surface area contributed by atoms with Crippen molar-refractivity contribution in [2.45, 2.75) is 30.7 Å². The van der Waals surface area contributed by atoms with Gasteiger partial charge in [-0.25, -0.2) is 8.42 Å². The van der Waals surface area contributed by atoms with Crippen LogP contribution in [0, 0.1) is 20.8 Å². The maximum Gasteiger partial charge on any atom is 0.238 e. The molecule has 1 heterocycles. The minimum Gasteiger partial charge on any atom is -0.419 e. The van der Waals surface area contributed by atoms with E-state index >= 15 is 0 Å². The molecule has 0 spiro atoms. The monoisotopic (exact) mass is 418 g/mol. The predicted octanol–water partition coefficient (Wildman–Crippen LogP) is 5.84. The van der Waals surface area contributed by atoms with Gasteiger partial charge in [-0.05, 0) is 57.2 Å². The zero-order valence-electron chi connectivity index (χ0n) is 17.0. The van der Waals surface area contributed by atoms with Crippen molar-refractivity contribution in [3.05, 3.63) is 89.5 Å². The molecule has 0 amide bonds. The van der Waals surface area contributed by atoms with Gasteiger partial charge >= 0.3 is 0 Å². The van der Waals surface area contributed by atoms with Gasteiger partial charge in [-0.2, -0.15) is 4.98 Å². The van der Waals surface area contributed by atoms with Crippen molar-refractivity contribution >= 4 is 21.4 Å². The first-order valence-electron chi connectivity index (χ1n) is 9.56. The van der Waals surface area contributed by atoms with E-state index in [1.165, 1.54) is 0 Å². The molecular weight excluding hydrogens is 396 g/mol. The third kappa shape index (κ3) is 4.00. The van der Waals surface area contributed by atoms with Gasteiger partial charge in [-0.3, -0.25) is 0 Å². The van der Waals surface area contributed by atoms with E-state index in [9.17, 15) is 8.42 Å². The van der Waals surface area contributed by atoms with Crippen LogP contribution < -0.4 is 5.32 Å². The Morgan fingerprint density at radius 2 is 1.43 bits per heavy atom. The van der Waals surface area contributed by atoms with Gasteiger partial charge in [0.25, 0.3) is 0 Å². The maximum absolute atomic E-state index is 13.4. The quantitative estimate of drug-likeness (QED) is 0.441. The summed E-state index contributed by atoms with van der Waals surface area (Å²) < 4.78 is 32.6. The van der Waals surface area contributed by atoms with Gasteiger partial charge in [-0.1, -0.05) is 53.1 Å². The van der Waals surface area contributed by atoms with Crippen LogP contribution in [0.1, 0.15) is 16.7 Å². The molecule has 3 aromatic carbocycles. The zero-order valence-corrected chi connectivity index (χ0v) is 17.8. The zero-order chi connectivity index (χ0) is 21.3. The molecule has 152 valence electrons. The van der Waals surface area contributed by atoms with Crippen LogP contribution >= 0.6 is 0 Å². The lowest BCUT2D eigenvalue weighted by molar-refractivity contribution is 0.582. The molecule has 1 aromatic heterocycles. The highest BCUT2D eigenvalue weighted by atomic mass is 32.2. The molecule has 0 aliphatic heterocycles. The third-order valence-electron chi connectivity index (χ3n) is 4.76. The van der Waals surface area contributed by atoms with Crippen molar-refractivity contribution in [1.82, 2.24) is 4.98 Å². The average molecular weight is 419 g/mol. The first-order chi connectivity index (χ1) is 14.3. The molecule has 0 fully saturated rings. The summed E-state index contributed by atoms with van der Waals surface area (Å²) in [4.78, 5) is 4.56. The van der Waals surface area contributed by atoms with Gasteiger partial charge in [0.1, 0.15) is 0 Å². The normalized spacial score (nSPS) is 11.4. The smallest absolute Gasteiger partial charge is 0.238 e. The van der Waals surface area contributed by atoms with Gasteiger partial charge in [0.05, 0.1) is 4.90 Å². The van der Waals surface area contributed by atoms with Crippen LogP contribution in [-0.2, 0) is 9.84 Å². The van der Waals surface area contributed by atoms with Gasteiger partial charge in [0.15, 0.2) is 0 Å². The second-order valence-corrected chi connectivity index (χ2v) is 9.20. The Bertz CT molecular complexity index is 1290. The fraction of sp³-hybridized carbons (Fsp3) is 0.125. The summed E-state index contributed by atoms with van der Waals surface area (Å²) in [6, 6.07) is 21.9. The number of aryl methyl sites for hydroxylation is 3. The van der Waals surface area contributed by atoms with E-state index in [1.807, 2.05) is 69.3 Å². The molecule has 0 unspecified atom stereocenters. The Morgan fingerprint density at radius 3 is 2.07 bits per heavy atom. The molecule has 0 bridgehead atoms. The van der Waals surface area contributed by atoms with Gasteiger partial charge < -0.3 is 9.73 Å². The molecule has 0 saturated carbocycles. The number of anilines is 2. The van der Waals surface area contributed by atoms with Crippen molar-refractivity contribution in [2.75, 3.05) is 5.32 Å². The third-order valence-corrected chi connectivity index (χ3v) is 6.43. The van der Waals surface area contributed by atoms with Gasteiger partial charge in [0, 0.05) is 11.3 Å². The summed E-state index contributed by atoms with van der Waals surface area (Å²) in [5.74, 6) is 0.343. The fourth-order valence-corrected chi connectivity index (χ4v) is 4.32. The number of sulfone groups is 1.